The summed E-state index contributed by atoms with van der Waals surface area (Å²) in [5.74, 6) is 0. The van der Waals surface area contributed by atoms with Crippen LogP contribution in [-0.2, 0) is 11.3 Å². The summed E-state index contributed by atoms with van der Waals surface area (Å²) < 4.78 is 7.59. The van der Waals surface area contributed by atoms with Crippen LogP contribution >= 0.6 is 0 Å². The van der Waals surface area contributed by atoms with Gasteiger partial charge in [-0.15, -0.1) is 0 Å². The lowest BCUT2D eigenvalue weighted by molar-refractivity contribution is 0.144. The van der Waals surface area contributed by atoms with Crippen LogP contribution in [0.5, 0.6) is 0 Å². The molecule has 0 amide bonds. The normalized spacial score (nSPS) is 15.6. The summed E-state index contributed by atoms with van der Waals surface area (Å²) in [6.45, 7) is 5.62. The minimum absolute atomic E-state index is 0.725. The second-order valence-corrected chi connectivity index (χ2v) is 4.25. The zero-order chi connectivity index (χ0) is 11.2. The van der Waals surface area contributed by atoms with Crippen molar-refractivity contribution in [2.24, 2.45) is 0 Å². The first-order valence-corrected chi connectivity index (χ1v) is 6.21. The maximum Gasteiger partial charge on any atom is 0.0951 e. The van der Waals surface area contributed by atoms with Crippen LogP contribution in [0, 0.1) is 0 Å². The number of nitrogens with zero attached hydrogens (tertiary/aromatic N) is 2. The van der Waals surface area contributed by atoms with E-state index >= 15 is 0 Å². The van der Waals surface area contributed by atoms with Crippen molar-refractivity contribution in [2.45, 2.75) is 38.8 Å². The zero-order valence-corrected chi connectivity index (χ0v) is 9.98. The molecule has 1 fully saturated rings. The van der Waals surface area contributed by atoms with Crippen molar-refractivity contribution in [3.8, 4) is 0 Å². The van der Waals surface area contributed by atoms with Crippen molar-refractivity contribution in [2.75, 3.05) is 19.8 Å². The molecule has 1 aliphatic carbocycles. The van der Waals surface area contributed by atoms with Gasteiger partial charge >= 0.3 is 0 Å². The van der Waals surface area contributed by atoms with Gasteiger partial charge in [0.2, 0.25) is 0 Å². The van der Waals surface area contributed by atoms with Gasteiger partial charge in [-0.05, 0) is 32.7 Å². The van der Waals surface area contributed by atoms with E-state index in [-0.39, 0.29) is 0 Å². The number of aromatic nitrogens is 2. The van der Waals surface area contributed by atoms with Crippen LogP contribution in [-0.4, -0.2) is 29.3 Å². The summed E-state index contributed by atoms with van der Waals surface area (Å²) in [4.78, 5) is 4.21. The van der Waals surface area contributed by atoms with E-state index in [1.165, 1.54) is 18.5 Å². The fourth-order valence-corrected chi connectivity index (χ4v) is 1.81. The summed E-state index contributed by atoms with van der Waals surface area (Å²) >= 11 is 0. The Hall–Kier alpha value is -0.870. The summed E-state index contributed by atoms with van der Waals surface area (Å²) in [5, 5.41) is 3.43. The van der Waals surface area contributed by atoms with Crippen molar-refractivity contribution in [1.82, 2.24) is 14.9 Å². The van der Waals surface area contributed by atoms with Gasteiger partial charge in [-0.1, -0.05) is 0 Å². The molecule has 90 valence electrons. The monoisotopic (exact) mass is 223 g/mol. The number of hydrogen-bond donors (Lipinski definition) is 1. The third-order valence-corrected chi connectivity index (χ3v) is 2.84. The van der Waals surface area contributed by atoms with Gasteiger partial charge in [0.05, 0.1) is 12.0 Å². The van der Waals surface area contributed by atoms with Crippen molar-refractivity contribution < 1.29 is 4.74 Å². The molecule has 0 atom stereocenters. The molecular weight excluding hydrogens is 202 g/mol. The molecule has 0 bridgehead atoms. The van der Waals surface area contributed by atoms with Crippen molar-refractivity contribution >= 4 is 0 Å². The standard InChI is InChI=1S/C12H21N3O/c1-2-16-7-3-6-13-8-12-9-14-10-15(12)11-4-5-11/h9-11,13H,2-8H2,1H3. The van der Waals surface area contributed by atoms with Crippen LogP contribution in [0.3, 0.4) is 0 Å². The van der Waals surface area contributed by atoms with Gasteiger partial charge in [-0.3, -0.25) is 0 Å². The van der Waals surface area contributed by atoms with E-state index in [0.717, 1.165) is 38.8 Å². The van der Waals surface area contributed by atoms with Gasteiger partial charge in [-0.25, -0.2) is 4.98 Å². The van der Waals surface area contributed by atoms with Crippen LogP contribution in [0.2, 0.25) is 0 Å². The Morgan fingerprint density at radius 3 is 3.19 bits per heavy atom. The lowest BCUT2D eigenvalue weighted by Crippen LogP contribution is -2.18. The van der Waals surface area contributed by atoms with E-state index in [2.05, 4.69) is 14.9 Å². The maximum atomic E-state index is 5.29. The van der Waals surface area contributed by atoms with Crippen LogP contribution in [0.1, 0.15) is 37.9 Å². The van der Waals surface area contributed by atoms with Crippen LogP contribution in [0.4, 0.5) is 0 Å². The van der Waals surface area contributed by atoms with Gasteiger partial charge in [-0.2, -0.15) is 0 Å². The van der Waals surface area contributed by atoms with Gasteiger partial charge in [0, 0.05) is 32.0 Å². The summed E-state index contributed by atoms with van der Waals surface area (Å²) in [7, 11) is 0. The maximum absolute atomic E-state index is 5.29. The van der Waals surface area contributed by atoms with E-state index in [0.29, 0.717) is 0 Å². The first-order chi connectivity index (χ1) is 7.92. The molecule has 16 heavy (non-hydrogen) atoms. The van der Waals surface area contributed by atoms with Crippen molar-refractivity contribution in [1.29, 1.82) is 0 Å². The van der Waals surface area contributed by atoms with Crippen molar-refractivity contribution in [3.63, 3.8) is 0 Å². The topological polar surface area (TPSA) is 39.1 Å². The fourth-order valence-electron chi connectivity index (χ4n) is 1.81. The molecule has 2 rings (SSSR count). The number of hydrogen-bond acceptors (Lipinski definition) is 3. The molecule has 4 heteroatoms. The highest BCUT2D eigenvalue weighted by Crippen LogP contribution is 2.35. The van der Waals surface area contributed by atoms with Crippen LogP contribution < -0.4 is 5.32 Å². The molecule has 0 saturated heterocycles. The van der Waals surface area contributed by atoms with Gasteiger partial charge < -0.3 is 14.6 Å². The Morgan fingerprint density at radius 1 is 1.56 bits per heavy atom. The first kappa shape index (κ1) is 11.6. The molecule has 0 spiro atoms. The molecule has 1 aromatic rings. The lowest BCUT2D eigenvalue weighted by atomic mass is 10.4. The Morgan fingerprint density at radius 2 is 2.44 bits per heavy atom. The molecule has 0 unspecified atom stereocenters. The molecule has 1 aliphatic rings. The molecule has 1 saturated carbocycles. The number of imidazole rings is 1. The molecule has 1 aromatic heterocycles. The van der Waals surface area contributed by atoms with Crippen molar-refractivity contribution in [3.05, 3.63) is 18.2 Å². The van der Waals surface area contributed by atoms with Crippen LogP contribution in [0.25, 0.3) is 0 Å². The molecule has 4 nitrogen and oxygen atoms in total. The van der Waals surface area contributed by atoms with E-state index in [4.69, 9.17) is 4.74 Å². The minimum Gasteiger partial charge on any atom is -0.382 e. The third-order valence-electron chi connectivity index (χ3n) is 2.84. The lowest BCUT2D eigenvalue weighted by Gasteiger charge is -2.07. The predicted octanol–water partition coefficient (Wildman–Crippen LogP) is 1.73. The Labute approximate surface area is 97.0 Å². The number of ether oxygens (including phenoxy) is 1. The average molecular weight is 223 g/mol. The van der Waals surface area contributed by atoms with E-state index in [9.17, 15) is 0 Å². The number of nitrogens with one attached hydrogen (secondary N) is 1. The first-order valence-electron chi connectivity index (χ1n) is 6.21. The second-order valence-electron chi connectivity index (χ2n) is 4.25. The van der Waals surface area contributed by atoms with Gasteiger partial charge in [0.15, 0.2) is 0 Å². The highest BCUT2D eigenvalue weighted by molar-refractivity contribution is 5.03. The highest BCUT2D eigenvalue weighted by atomic mass is 16.5. The number of rotatable bonds is 8. The quantitative estimate of drug-likeness (QED) is 0.682. The third kappa shape index (κ3) is 3.32. The smallest absolute Gasteiger partial charge is 0.0951 e. The zero-order valence-electron chi connectivity index (χ0n) is 9.98. The summed E-state index contributed by atoms with van der Waals surface area (Å²) in [5.41, 5.74) is 1.30. The van der Waals surface area contributed by atoms with E-state index in [1.807, 2.05) is 19.4 Å². The van der Waals surface area contributed by atoms with E-state index in [1.54, 1.807) is 0 Å². The SMILES string of the molecule is CCOCCCNCc1cncn1C1CC1. The Bertz CT molecular complexity index is 307. The highest BCUT2D eigenvalue weighted by Gasteiger charge is 2.24. The largest absolute Gasteiger partial charge is 0.382 e. The summed E-state index contributed by atoms with van der Waals surface area (Å²) in [6, 6.07) is 0.725. The van der Waals surface area contributed by atoms with E-state index < -0.39 is 0 Å². The molecule has 0 radical (unpaired) electrons. The van der Waals surface area contributed by atoms with Crippen LogP contribution in [0.15, 0.2) is 12.5 Å². The Balaban J connectivity index is 1.63. The van der Waals surface area contributed by atoms with Gasteiger partial charge in [0.25, 0.3) is 0 Å². The fraction of sp³-hybridized carbons (Fsp3) is 0.750. The molecule has 1 N–H and O–H groups in total. The molecule has 0 aliphatic heterocycles. The molecular formula is C12H21N3O. The van der Waals surface area contributed by atoms with Gasteiger partial charge in [0.1, 0.15) is 0 Å². The second kappa shape index (κ2) is 6.01. The molecule has 1 heterocycles. The Kier molecular flexibility index (Phi) is 4.36. The minimum atomic E-state index is 0.725. The summed E-state index contributed by atoms with van der Waals surface area (Å²) in [6.07, 6.45) is 7.62. The molecule has 0 aromatic carbocycles. The average Bonchev–Trinajstić information content (AvgIpc) is 3.04. The predicted molar refractivity (Wildman–Crippen MR) is 63.3 cm³/mol.